The van der Waals surface area contributed by atoms with E-state index in [0.29, 0.717) is 38.4 Å². The zero-order valence-corrected chi connectivity index (χ0v) is 33.4. The average Bonchev–Trinajstić information content (AvgIpc) is 3.17. The van der Waals surface area contributed by atoms with Gasteiger partial charge in [0.25, 0.3) is 0 Å². The van der Waals surface area contributed by atoms with Gasteiger partial charge in [-0.15, -0.1) is 0 Å². The highest BCUT2D eigenvalue weighted by Crippen LogP contribution is 2.35. The Labute approximate surface area is 326 Å². The molecule has 304 valence electrons. The molecule has 1 aromatic heterocycles. The molecule has 0 bridgehead atoms. The normalized spacial score (nSPS) is 36.2. The molecule has 2 N–H and O–H groups in total. The van der Waals surface area contributed by atoms with E-state index in [1.54, 1.807) is 38.3 Å². The third kappa shape index (κ3) is 12.6. The van der Waals surface area contributed by atoms with Crippen LogP contribution in [0, 0.1) is 29.6 Å². The number of esters is 1. The molecule has 1 aromatic rings. The number of likely N-dealkylation sites (N-methyl/N-ethyl adjacent to an activating group) is 1. The number of morpholine rings is 1. The van der Waals surface area contributed by atoms with E-state index >= 15 is 0 Å². The van der Waals surface area contributed by atoms with E-state index in [2.05, 4.69) is 21.7 Å². The molecule has 2 saturated heterocycles. The van der Waals surface area contributed by atoms with E-state index in [9.17, 15) is 24.6 Å². The van der Waals surface area contributed by atoms with Crippen molar-refractivity contribution in [2.75, 3.05) is 47.0 Å². The number of ketones is 1. The van der Waals surface area contributed by atoms with Crippen LogP contribution in [-0.2, 0) is 38.1 Å². The standard InChI is InChI=1S/C42H61N3O10/c1-8-36-33(45-18-22-51-23-19-45)24-27(2)14-15-34(47)28(3)25-31(16-20-46)40(29(4)35(48)26-37(49)54-36)55-42-39(50)38(44(6)7)41(30(5)53-42)52-21-11-13-32-12-9-10-17-43-32/h9-10,12,14-15,17,20,24,28-31,33,35-36,38-42,48,50H,8,16,18-19,21-23,25-26H2,1-7H3/b15-14+,27-24+/t28-,29+,30-,31+,33+,35-,36-,38-,39-,40-,41-,42+/m1/s1. The topological polar surface area (TPSA) is 157 Å². The zero-order chi connectivity index (χ0) is 40.1. The highest BCUT2D eigenvalue weighted by atomic mass is 16.7. The number of allylic oxidation sites excluding steroid dienone is 3. The number of pyridine rings is 1. The van der Waals surface area contributed by atoms with Gasteiger partial charge in [-0.1, -0.05) is 50.5 Å². The molecule has 2 fully saturated rings. The summed E-state index contributed by atoms with van der Waals surface area (Å²) in [5.74, 6) is 3.46. The molecule has 0 radical (unpaired) electrons. The van der Waals surface area contributed by atoms with Gasteiger partial charge < -0.3 is 43.6 Å². The molecule has 0 amide bonds. The maximum Gasteiger partial charge on any atom is 0.308 e. The van der Waals surface area contributed by atoms with Gasteiger partial charge >= 0.3 is 5.97 Å². The Kier molecular flexibility index (Phi) is 17.6. The number of ether oxygens (including phenoxy) is 5. The Morgan fingerprint density at radius 2 is 1.84 bits per heavy atom. The van der Waals surface area contributed by atoms with Crippen LogP contribution in [-0.4, -0.2) is 145 Å². The van der Waals surface area contributed by atoms with Crippen molar-refractivity contribution in [1.82, 2.24) is 14.8 Å². The minimum absolute atomic E-state index is 0.0156. The molecule has 3 aliphatic rings. The Balaban J connectivity index is 1.61. The first kappa shape index (κ1) is 44.4. The lowest BCUT2D eigenvalue weighted by molar-refractivity contribution is -0.307. The van der Waals surface area contributed by atoms with Gasteiger partial charge in [0.05, 0.1) is 50.0 Å². The summed E-state index contributed by atoms with van der Waals surface area (Å²) >= 11 is 0. The number of rotatable bonds is 9. The lowest BCUT2D eigenvalue weighted by atomic mass is 9.79. The molecule has 55 heavy (non-hydrogen) atoms. The second-order valence-electron chi connectivity index (χ2n) is 15.2. The molecule has 13 heteroatoms. The number of carbonyl (C=O) groups excluding carboxylic acids is 3. The Bertz CT molecular complexity index is 1500. The van der Waals surface area contributed by atoms with Gasteiger partial charge in [-0.2, -0.15) is 0 Å². The van der Waals surface area contributed by atoms with E-state index in [4.69, 9.17) is 23.7 Å². The highest BCUT2D eigenvalue weighted by molar-refractivity contribution is 5.91. The summed E-state index contributed by atoms with van der Waals surface area (Å²) < 4.78 is 30.7. The van der Waals surface area contributed by atoms with Crippen molar-refractivity contribution in [2.24, 2.45) is 17.8 Å². The smallest absolute Gasteiger partial charge is 0.308 e. The first-order valence-electron chi connectivity index (χ1n) is 19.5. The van der Waals surface area contributed by atoms with E-state index in [1.165, 1.54) is 0 Å². The Hall–Kier alpha value is -3.32. The number of hydrogen-bond acceptors (Lipinski definition) is 13. The molecule has 0 aromatic carbocycles. The second kappa shape index (κ2) is 21.8. The number of aliphatic hydroxyl groups excluding tert-OH is 2. The molecule has 4 heterocycles. The fraction of sp³-hybridized carbons (Fsp3) is 0.667. The molecule has 4 rings (SSSR count). The predicted molar refractivity (Wildman–Crippen MR) is 206 cm³/mol. The summed E-state index contributed by atoms with van der Waals surface area (Å²) in [4.78, 5) is 47.5. The van der Waals surface area contributed by atoms with Gasteiger partial charge in [0.1, 0.15) is 36.9 Å². The van der Waals surface area contributed by atoms with Crippen molar-refractivity contribution >= 4 is 18.0 Å². The summed E-state index contributed by atoms with van der Waals surface area (Å²) in [7, 11) is 3.65. The second-order valence-corrected chi connectivity index (χ2v) is 15.2. The van der Waals surface area contributed by atoms with Gasteiger partial charge in [0.15, 0.2) is 12.1 Å². The number of aromatic nitrogens is 1. The van der Waals surface area contributed by atoms with Crippen molar-refractivity contribution in [3.05, 3.63) is 53.9 Å². The van der Waals surface area contributed by atoms with Gasteiger partial charge in [0.2, 0.25) is 0 Å². The summed E-state index contributed by atoms with van der Waals surface area (Å²) in [6, 6.07) is 4.62. The van der Waals surface area contributed by atoms with Crippen molar-refractivity contribution < 1.29 is 48.3 Å². The van der Waals surface area contributed by atoms with Crippen LogP contribution in [0.1, 0.15) is 66.0 Å². The predicted octanol–water partition coefficient (Wildman–Crippen LogP) is 2.97. The number of carbonyl (C=O) groups is 3. The Morgan fingerprint density at radius 1 is 1.09 bits per heavy atom. The SMILES string of the molecule is CC[C@H]1OC(=O)C[C@@H](O)[C@H](C)[C@@H](O[C@@H]2O[C@H](C)[C@@H](OCC#Cc3ccccn3)[C@H](N(C)C)[C@H]2O)[C@@H](CC=O)C[C@@H](C)C(=O)/C=C/C(C)=C/[C@@H]1N1CCOCC1. The number of cyclic esters (lactones) is 1. The van der Waals surface area contributed by atoms with Crippen LogP contribution < -0.4 is 0 Å². The van der Waals surface area contributed by atoms with E-state index < -0.39 is 72.7 Å². The maximum absolute atomic E-state index is 13.5. The first-order valence-corrected chi connectivity index (χ1v) is 19.5. The van der Waals surface area contributed by atoms with Crippen LogP contribution in [0.25, 0.3) is 0 Å². The molecule has 0 saturated carbocycles. The van der Waals surface area contributed by atoms with Gasteiger partial charge in [-0.05, 0) is 70.8 Å². The lowest BCUT2D eigenvalue weighted by Gasteiger charge is -2.47. The summed E-state index contributed by atoms with van der Waals surface area (Å²) in [5.41, 5.74) is 1.45. The molecule has 0 aliphatic carbocycles. The van der Waals surface area contributed by atoms with Crippen molar-refractivity contribution in [2.45, 2.75) is 115 Å². The fourth-order valence-electron chi connectivity index (χ4n) is 7.74. The van der Waals surface area contributed by atoms with Crippen molar-refractivity contribution in [1.29, 1.82) is 0 Å². The lowest BCUT2D eigenvalue weighted by Crippen LogP contribution is -2.64. The van der Waals surface area contributed by atoms with Crippen LogP contribution >= 0.6 is 0 Å². The van der Waals surface area contributed by atoms with Gasteiger partial charge in [-0.3, -0.25) is 14.5 Å². The average molecular weight is 768 g/mol. The number of nitrogens with zero attached hydrogens (tertiary/aromatic N) is 3. The third-order valence-corrected chi connectivity index (χ3v) is 10.9. The van der Waals surface area contributed by atoms with Crippen LogP contribution in [0.3, 0.4) is 0 Å². The maximum atomic E-state index is 13.5. The molecule has 13 nitrogen and oxygen atoms in total. The number of aldehydes is 1. The molecular weight excluding hydrogens is 706 g/mol. The number of aliphatic hydroxyl groups is 2. The van der Waals surface area contributed by atoms with E-state index in [0.717, 1.165) is 11.9 Å². The van der Waals surface area contributed by atoms with Crippen LogP contribution in [0.2, 0.25) is 0 Å². The largest absolute Gasteiger partial charge is 0.460 e. The van der Waals surface area contributed by atoms with Gasteiger partial charge in [0, 0.05) is 37.5 Å². The molecule has 0 unspecified atom stereocenters. The summed E-state index contributed by atoms with van der Waals surface area (Å²) in [6.07, 6.45) is 2.05. The quantitative estimate of drug-likeness (QED) is 0.215. The first-order chi connectivity index (χ1) is 26.3. The van der Waals surface area contributed by atoms with Crippen LogP contribution in [0.4, 0.5) is 0 Å². The minimum Gasteiger partial charge on any atom is -0.460 e. The monoisotopic (exact) mass is 767 g/mol. The van der Waals surface area contributed by atoms with Crippen LogP contribution in [0.15, 0.2) is 48.2 Å². The molecule has 0 spiro atoms. The van der Waals surface area contributed by atoms with Crippen molar-refractivity contribution in [3.63, 3.8) is 0 Å². The van der Waals surface area contributed by atoms with Crippen molar-refractivity contribution in [3.8, 4) is 11.8 Å². The number of hydrogen-bond donors (Lipinski definition) is 2. The van der Waals surface area contributed by atoms with E-state index in [1.807, 2.05) is 58.0 Å². The third-order valence-electron chi connectivity index (χ3n) is 10.9. The van der Waals surface area contributed by atoms with Gasteiger partial charge in [-0.25, -0.2) is 4.98 Å². The minimum atomic E-state index is -1.24. The molecule has 12 atom stereocenters. The molecule has 3 aliphatic heterocycles. The van der Waals surface area contributed by atoms with E-state index in [-0.39, 0.29) is 37.7 Å². The zero-order valence-electron chi connectivity index (χ0n) is 33.4. The summed E-state index contributed by atoms with van der Waals surface area (Å²) in [5, 5.41) is 23.4. The molecular formula is C42H61N3O10. The highest BCUT2D eigenvalue weighted by Gasteiger charge is 2.48. The van der Waals surface area contributed by atoms with Crippen LogP contribution in [0.5, 0.6) is 0 Å². The summed E-state index contributed by atoms with van der Waals surface area (Å²) in [6.45, 7) is 11.7. The Morgan fingerprint density at radius 3 is 2.49 bits per heavy atom. The fourth-order valence-corrected chi connectivity index (χ4v) is 7.74.